The van der Waals surface area contributed by atoms with E-state index in [0.29, 0.717) is 27.8 Å². The van der Waals surface area contributed by atoms with Crippen molar-refractivity contribution in [2.24, 2.45) is 0 Å². The summed E-state index contributed by atoms with van der Waals surface area (Å²) in [6.07, 6.45) is 1.53. The third kappa shape index (κ3) is 2.75. The second-order valence-corrected chi connectivity index (χ2v) is 3.94. The maximum Gasteiger partial charge on any atom is 0.180 e. The van der Waals surface area contributed by atoms with E-state index in [1.54, 1.807) is 18.2 Å². The first-order valence-electron chi connectivity index (χ1n) is 5.24. The second kappa shape index (κ2) is 5.75. The summed E-state index contributed by atoms with van der Waals surface area (Å²) >= 11 is 6.07. The third-order valence-electron chi connectivity index (χ3n) is 2.32. The average molecular weight is 270 g/mol. The summed E-state index contributed by atoms with van der Waals surface area (Å²) in [5.41, 5.74) is 0.656. The molecule has 0 spiro atoms. The predicted octanol–water partition coefficient (Wildman–Crippen LogP) is 2.41. The smallest absolute Gasteiger partial charge is 0.180 e. The molecule has 1 heterocycles. The molecular formula is C12H12ClNO4. The van der Waals surface area contributed by atoms with Crippen LogP contribution in [-0.4, -0.2) is 17.4 Å². The molecule has 96 valence electrons. The monoisotopic (exact) mass is 269 g/mol. The van der Waals surface area contributed by atoms with Crippen LogP contribution in [0.4, 0.5) is 0 Å². The lowest BCUT2D eigenvalue weighted by Crippen LogP contribution is -1.98. The molecule has 0 atom stereocenters. The van der Waals surface area contributed by atoms with E-state index in [0.717, 1.165) is 0 Å². The molecule has 0 amide bonds. The van der Waals surface area contributed by atoms with Crippen LogP contribution in [0.5, 0.6) is 11.5 Å². The van der Waals surface area contributed by atoms with Gasteiger partial charge in [0.2, 0.25) is 0 Å². The van der Waals surface area contributed by atoms with E-state index in [9.17, 15) is 0 Å². The highest BCUT2D eigenvalue weighted by Gasteiger charge is 2.12. The van der Waals surface area contributed by atoms with Crippen LogP contribution in [0.3, 0.4) is 0 Å². The van der Waals surface area contributed by atoms with Gasteiger partial charge in [0.1, 0.15) is 6.61 Å². The topological polar surface area (TPSA) is 64.7 Å². The number of ether oxygens (including phenoxy) is 2. The van der Waals surface area contributed by atoms with E-state index in [4.69, 9.17) is 30.7 Å². The minimum atomic E-state index is -0.113. The van der Waals surface area contributed by atoms with Gasteiger partial charge in [0.15, 0.2) is 17.3 Å². The van der Waals surface area contributed by atoms with E-state index in [1.165, 1.54) is 13.3 Å². The van der Waals surface area contributed by atoms with Gasteiger partial charge in [-0.25, -0.2) is 0 Å². The lowest BCUT2D eigenvalue weighted by Gasteiger charge is -2.12. The van der Waals surface area contributed by atoms with E-state index >= 15 is 0 Å². The molecule has 0 saturated heterocycles. The summed E-state index contributed by atoms with van der Waals surface area (Å²) in [5.74, 6) is 1.46. The summed E-state index contributed by atoms with van der Waals surface area (Å²) in [7, 11) is 1.51. The molecule has 0 bridgehead atoms. The van der Waals surface area contributed by atoms with Crippen LogP contribution in [0.15, 0.2) is 28.9 Å². The van der Waals surface area contributed by atoms with Crippen LogP contribution < -0.4 is 9.47 Å². The normalized spacial score (nSPS) is 10.4. The molecule has 0 aliphatic rings. The summed E-state index contributed by atoms with van der Waals surface area (Å²) < 4.78 is 15.6. The van der Waals surface area contributed by atoms with Crippen molar-refractivity contribution in [3.63, 3.8) is 0 Å². The van der Waals surface area contributed by atoms with Crippen molar-refractivity contribution in [1.82, 2.24) is 5.16 Å². The summed E-state index contributed by atoms with van der Waals surface area (Å²) in [4.78, 5) is 0. The Hall–Kier alpha value is -1.72. The Morgan fingerprint density at radius 1 is 1.44 bits per heavy atom. The summed E-state index contributed by atoms with van der Waals surface area (Å²) in [6, 6.07) is 4.99. The fourth-order valence-electron chi connectivity index (χ4n) is 1.46. The number of aromatic nitrogens is 1. The van der Waals surface area contributed by atoms with E-state index in [2.05, 4.69) is 5.16 Å². The number of nitrogens with zero attached hydrogens (tertiary/aromatic N) is 1. The number of benzene rings is 1. The van der Waals surface area contributed by atoms with E-state index in [-0.39, 0.29) is 13.2 Å². The molecule has 2 rings (SSSR count). The number of methoxy groups -OCH3 is 1. The molecule has 1 aromatic heterocycles. The molecular weight excluding hydrogens is 258 g/mol. The van der Waals surface area contributed by atoms with Crippen LogP contribution in [-0.2, 0) is 13.2 Å². The van der Waals surface area contributed by atoms with Gasteiger partial charge >= 0.3 is 0 Å². The Morgan fingerprint density at radius 3 is 2.89 bits per heavy atom. The van der Waals surface area contributed by atoms with Crippen LogP contribution in [0, 0.1) is 0 Å². The number of hydrogen-bond donors (Lipinski definition) is 1. The van der Waals surface area contributed by atoms with Gasteiger partial charge in [0, 0.05) is 6.07 Å². The standard InChI is InChI=1S/C12H12ClNO4/c1-16-11-5-8(6-15)4-10(13)12(11)17-7-9-2-3-14-18-9/h2-5,15H,6-7H2,1H3. The number of aliphatic hydroxyl groups is 1. The number of aliphatic hydroxyl groups excluding tert-OH is 1. The lowest BCUT2D eigenvalue weighted by molar-refractivity contribution is 0.238. The zero-order valence-electron chi connectivity index (χ0n) is 9.72. The quantitative estimate of drug-likeness (QED) is 0.903. The molecule has 6 heteroatoms. The van der Waals surface area contributed by atoms with Gasteiger partial charge in [-0.05, 0) is 17.7 Å². The highest BCUT2D eigenvalue weighted by Crippen LogP contribution is 2.36. The Labute approximate surface area is 109 Å². The first kappa shape index (κ1) is 12.7. The van der Waals surface area contributed by atoms with Crippen molar-refractivity contribution in [1.29, 1.82) is 0 Å². The van der Waals surface area contributed by atoms with Gasteiger partial charge in [-0.3, -0.25) is 0 Å². The van der Waals surface area contributed by atoms with Gasteiger partial charge < -0.3 is 19.1 Å². The first-order valence-corrected chi connectivity index (χ1v) is 5.62. The molecule has 0 aliphatic heterocycles. The van der Waals surface area contributed by atoms with Gasteiger partial charge in [-0.1, -0.05) is 16.8 Å². The fraction of sp³-hybridized carbons (Fsp3) is 0.250. The molecule has 0 aliphatic carbocycles. The molecule has 2 aromatic rings. The minimum Gasteiger partial charge on any atom is -0.493 e. The molecule has 1 aromatic carbocycles. The zero-order valence-corrected chi connectivity index (χ0v) is 10.5. The summed E-state index contributed by atoms with van der Waals surface area (Å²) in [6.45, 7) is 0.0903. The maximum absolute atomic E-state index is 9.07. The van der Waals surface area contributed by atoms with Crippen molar-refractivity contribution in [2.75, 3.05) is 7.11 Å². The Morgan fingerprint density at radius 2 is 2.28 bits per heavy atom. The zero-order chi connectivity index (χ0) is 13.0. The fourth-order valence-corrected chi connectivity index (χ4v) is 1.75. The molecule has 0 fully saturated rings. The van der Waals surface area contributed by atoms with E-state index < -0.39 is 0 Å². The first-order chi connectivity index (χ1) is 8.74. The molecule has 5 nitrogen and oxygen atoms in total. The Kier molecular flexibility index (Phi) is 4.07. The van der Waals surface area contributed by atoms with Crippen molar-refractivity contribution in [2.45, 2.75) is 13.2 Å². The number of rotatable bonds is 5. The largest absolute Gasteiger partial charge is 0.493 e. The summed E-state index contributed by atoms with van der Waals surface area (Å²) in [5, 5.41) is 13.0. The highest BCUT2D eigenvalue weighted by molar-refractivity contribution is 6.32. The minimum absolute atomic E-state index is 0.113. The van der Waals surface area contributed by atoms with Crippen LogP contribution in [0.25, 0.3) is 0 Å². The predicted molar refractivity (Wildman–Crippen MR) is 64.8 cm³/mol. The third-order valence-corrected chi connectivity index (χ3v) is 2.60. The molecule has 0 unspecified atom stereocenters. The lowest BCUT2D eigenvalue weighted by atomic mass is 10.2. The van der Waals surface area contributed by atoms with Crippen LogP contribution in [0.2, 0.25) is 5.02 Å². The van der Waals surface area contributed by atoms with Gasteiger partial charge in [-0.15, -0.1) is 0 Å². The molecule has 18 heavy (non-hydrogen) atoms. The number of hydrogen-bond acceptors (Lipinski definition) is 5. The van der Waals surface area contributed by atoms with Gasteiger partial charge in [-0.2, -0.15) is 0 Å². The molecule has 0 radical (unpaired) electrons. The Bertz CT molecular complexity index is 513. The van der Waals surface area contributed by atoms with E-state index in [1.807, 2.05) is 0 Å². The highest BCUT2D eigenvalue weighted by atomic mass is 35.5. The van der Waals surface area contributed by atoms with Crippen molar-refractivity contribution in [3.05, 3.63) is 40.7 Å². The van der Waals surface area contributed by atoms with Gasteiger partial charge in [0.25, 0.3) is 0 Å². The van der Waals surface area contributed by atoms with Crippen molar-refractivity contribution < 1.29 is 19.1 Å². The number of halogens is 1. The second-order valence-electron chi connectivity index (χ2n) is 3.53. The van der Waals surface area contributed by atoms with Gasteiger partial charge in [0.05, 0.1) is 24.9 Å². The Balaban J connectivity index is 2.20. The average Bonchev–Trinajstić information content (AvgIpc) is 2.89. The van der Waals surface area contributed by atoms with Crippen LogP contribution >= 0.6 is 11.6 Å². The van der Waals surface area contributed by atoms with Crippen LogP contribution in [0.1, 0.15) is 11.3 Å². The molecule has 0 saturated carbocycles. The SMILES string of the molecule is COc1cc(CO)cc(Cl)c1OCc1ccno1. The van der Waals surface area contributed by atoms with Crippen molar-refractivity contribution >= 4 is 11.6 Å². The molecule has 1 N–H and O–H groups in total. The van der Waals surface area contributed by atoms with Crippen molar-refractivity contribution in [3.8, 4) is 11.5 Å². The maximum atomic E-state index is 9.07.